The Labute approximate surface area is 201 Å². The number of hydrogen-bond donors (Lipinski definition) is 1. The lowest BCUT2D eigenvalue weighted by Gasteiger charge is -2.12. The SMILES string of the molecule is O=C(NCc1ccc(OCc2cccnc2)cc1)c1nn(-c2ccccc2)c(=O)c2ccccc12. The van der Waals surface area contributed by atoms with Crippen LogP contribution in [0, 0.1) is 0 Å². The number of para-hydroxylation sites is 1. The second-order valence-electron chi connectivity index (χ2n) is 7.92. The highest BCUT2D eigenvalue weighted by atomic mass is 16.5. The van der Waals surface area contributed by atoms with Crippen molar-refractivity contribution < 1.29 is 9.53 Å². The topological polar surface area (TPSA) is 86.1 Å². The smallest absolute Gasteiger partial charge is 0.279 e. The van der Waals surface area contributed by atoms with Gasteiger partial charge in [-0.05, 0) is 42.0 Å². The Hall–Kier alpha value is -4.78. The van der Waals surface area contributed by atoms with E-state index in [0.29, 0.717) is 29.6 Å². The monoisotopic (exact) mass is 462 g/mol. The molecule has 1 N–H and O–H groups in total. The number of carbonyl (C=O) groups is 1. The molecule has 2 aromatic heterocycles. The number of rotatable bonds is 7. The van der Waals surface area contributed by atoms with Crippen LogP contribution in [-0.4, -0.2) is 20.7 Å². The Morgan fingerprint density at radius 2 is 1.57 bits per heavy atom. The molecule has 0 spiro atoms. The Bertz CT molecular complexity index is 1520. The molecule has 5 rings (SSSR count). The fourth-order valence-corrected chi connectivity index (χ4v) is 3.72. The number of nitrogens with one attached hydrogen (secondary N) is 1. The molecule has 0 fully saturated rings. The third-order valence-electron chi connectivity index (χ3n) is 5.53. The maximum atomic E-state index is 13.1. The standard InChI is InChI=1S/C28H22N4O3/c33-27(30-18-20-12-14-23(15-13-20)35-19-21-7-6-16-29-17-21)26-24-10-4-5-11-25(24)28(34)32(31-26)22-8-2-1-3-9-22/h1-17H,18-19H2,(H,30,33). The van der Waals surface area contributed by atoms with Gasteiger partial charge in [-0.3, -0.25) is 14.6 Å². The first kappa shape index (κ1) is 22.0. The van der Waals surface area contributed by atoms with E-state index < -0.39 is 0 Å². The van der Waals surface area contributed by atoms with Crippen LogP contribution in [-0.2, 0) is 13.2 Å². The summed E-state index contributed by atoms with van der Waals surface area (Å²) in [7, 11) is 0. The Morgan fingerprint density at radius 3 is 2.31 bits per heavy atom. The lowest BCUT2D eigenvalue weighted by Crippen LogP contribution is -2.29. The van der Waals surface area contributed by atoms with E-state index in [9.17, 15) is 9.59 Å². The van der Waals surface area contributed by atoms with Crippen molar-refractivity contribution in [1.29, 1.82) is 0 Å². The summed E-state index contributed by atoms with van der Waals surface area (Å²) < 4.78 is 7.06. The molecule has 7 heteroatoms. The first-order chi connectivity index (χ1) is 17.2. The minimum absolute atomic E-state index is 0.195. The highest BCUT2D eigenvalue weighted by Gasteiger charge is 2.17. The molecule has 0 bridgehead atoms. The Balaban J connectivity index is 1.33. The van der Waals surface area contributed by atoms with Gasteiger partial charge in [0.05, 0.1) is 11.1 Å². The molecule has 7 nitrogen and oxygen atoms in total. The Morgan fingerprint density at radius 1 is 0.829 bits per heavy atom. The van der Waals surface area contributed by atoms with E-state index in [4.69, 9.17) is 4.74 Å². The van der Waals surface area contributed by atoms with Crippen molar-refractivity contribution >= 4 is 16.7 Å². The van der Waals surface area contributed by atoms with Crippen molar-refractivity contribution in [2.45, 2.75) is 13.2 Å². The van der Waals surface area contributed by atoms with Gasteiger partial charge in [-0.1, -0.05) is 54.6 Å². The summed E-state index contributed by atoms with van der Waals surface area (Å²) in [6, 6.07) is 27.4. The number of carbonyl (C=O) groups excluding carboxylic acids is 1. The van der Waals surface area contributed by atoms with Gasteiger partial charge in [0.2, 0.25) is 0 Å². The quantitative estimate of drug-likeness (QED) is 0.390. The number of nitrogens with zero attached hydrogens (tertiary/aromatic N) is 3. The van der Waals surface area contributed by atoms with E-state index in [1.807, 2.05) is 54.6 Å². The number of hydrogen-bond acceptors (Lipinski definition) is 5. The highest BCUT2D eigenvalue weighted by Crippen LogP contribution is 2.17. The summed E-state index contributed by atoms with van der Waals surface area (Å²) in [4.78, 5) is 30.2. The third-order valence-corrected chi connectivity index (χ3v) is 5.53. The number of aromatic nitrogens is 3. The van der Waals surface area contributed by atoms with E-state index in [1.54, 1.807) is 48.8 Å². The van der Waals surface area contributed by atoms with E-state index in [0.717, 1.165) is 16.9 Å². The van der Waals surface area contributed by atoms with Crippen molar-refractivity contribution in [1.82, 2.24) is 20.1 Å². The predicted molar refractivity (Wildman–Crippen MR) is 134 cm³/mol. The number of pyridine rings is 1. The van der Waals surface area contributed by atoms with E-state index in [-0.39, 0.29) is 17.2 Å². The molecule has 3 aromatic carbocycles. The highest BCUT2D eigenvalue weighted by molar-refractivity contribution is 6.04. The molecule has 0 atom stereocenters. The van der Waals surface area contributed by atoms with Crippen LogP contribution >= 0.6 is 0 Å². The van der Waals surface area contributed by atoms with Gasteiger partial charge in [-0.2, -0.15) is 9.78 Å². The molecule has 0 unspecified atom stereocenters. The molecule has 0 saturated carbocycles. The number of fused-ring (bicyclic) bond motifs is 1. The van der Waals surface area contributed by atoms with Crippen molar-refractivity contribution in [2.75, 3.05) is 0 Å². The molecule has 172 valence electrons. The number of amides is 1. The Kier molecular flexibility index (Phi) is 6.30. The van der Waals surface area contributed by atoms with E-state index in [2.05, 4.69) is 15.4 Å². The van der Waals surface area contributed by atoms with Crippen molar-refractivity contribution in [3.05, 3.63) is 131 Å². The van der Waals surface area contributed by atoms with Gasteiger partial charge >= 0.3 is 0 Å². The van der Waals surface area contributed by atoms with Crippen molar-refractivity contribution in [2.24, 2.45) is 0 Å². The van der Waals surface area contributed by atoms with Gasteiger partial charge in [-0.15, -0.1) is 0 Å². The molecule has 0 aliphatic rings. The summed E-state index contributed by atoms with van der Waals surface area (Å²) in [5.74, 6) is 0.370. The van der Waals surface area contributed by atoms with Gasteiger partial charge < -0.3 is 10.1 Å². The molecule has 2 heterocycles. The van der Waals surface area contributed by atoms with Crippen LogP contribution in [0.3, 0.4) is 0 Å². The zero-order chi connectivity index (χ0) is 24.0. The molecular weight excluding hydrogens is 440 g/mol. The summed E-state index contributed by atoms with van der Waals surface area (Å²) in [5.41, 5.74) is 2.41. The van der Waals surface area contributed by atoms with Gasteiger partial charge in [0.25, 0.3) is 11.5 Å². The molecule has 0 radical (unpaired) electrons. The van der Waals surface area contributed by atoms with Crippen LogP contribution in [0.5, 0.6) is 5.75 Å². The van der Waals surface area contributed by atoms with E-state index >= 15 is 0 Å². The fraction of sp³-hybridized carbons (Fsp3) is 0.0714. The number of ether oxygens (including phenoxy) is 1. The molecule has 1 amide bonds. The zero-order valence-electron chi connectivity index (χ0n) is 18.8. The summed E-state index contributed by atoms with van der Waals surface area (Å²) in [6.45, 7) is 0.738. The second kappa shape index (κ2) is 10.0. The maximum absolute atomic E-state index is 13.1. The van der Waals surface area contributed by atoms with Crippen LogP contribution in [0.4, 0.5) is 0 Å². The largest absolute Gasteiger partial charge is 0.489 e. The van der Waals surface area contributed by atoms with Crippen LogP contribution in [0.2, 0.25) is 0 Å². The number of benzene rings is 3. The second-order valence-corrected chi connectivity index (χ2v) is 7.92. The molecule has 5 aromatic rings. The van der Waals surface area contributed by atoms with Crippen molar-refractivity contribution in [3.63, 3.8) is 0 Å². The minimum Gasteiger partial charge on any atom is -0.489 e. The lowest BCUT2D eigenvalue weighted by molar-refractivity contribution is 0.0946. The van der Waals surface area contributed by atoms with Crippen LogP contribution in [0.15, 0.2) is 108 Å². The van der Waals surface area contributed by atoms with Gasteiger partial charge in [0.1, 0.15) is 12.4 Å². The van der Waals surface area contributed by atoms with Crippen LogP contribution in [0.1, 0.15) is 21.6 Å². The van der Waals surface area contributed by atoms with E-state index in [1.165, 1.54) is 4.68 Å². The predicted octanol–water partition coefficient (Wildman–Crippen LogP) is 4.29. The van der Waals surface area contributed by atoms with Crippen LogP contribution in [0.25, 0.3) is 16.5 Å². The van der Waals surface area contributed by atoms with Crippen molar-refractivity contribution in [3.8, 4) is 11.4 Å². The van der Waals surface area contributed by atoms with Gasteiger partial charge in [0, 0.05) is 29.9 Å². The lowest BCUT2D eigenvalue weighted by atomic mass is 10.1. The summed E-state index contributed by atoms with van der Waals surface area (Å²) >= 11 is 0. The average Bonchev–Trinajstić information content (AvgIpc) is 2.92. The summed E-state index contributed by atoms with van der Waals surface area (Å²) in [5, 5.41) is 8.29. The fourth-order valence-electron chi connectivity index (χ4n) is 3.72. The minimum atomic E-state index is -0.359. The van der Waals surface area contributed by atoms with Gasteiger partial charge in [0.15, 0.2) is 5.69 Å². The normalized spacial score (nSPS) is 10.7. The first-order valence-corrected chi connectivity index (χ1v) is 11.2. The molecule has 0 aliphatic carbocycles. The van der Waals surface area contributed by atoms with Crippen LogP contribution < -0.4 is 15.6 Å². The average molecular weight is 463 g/mol. The molecule has 35 heavy (non-hydrogen) atoms. The third kappa shape index (κ3) is 4.94. The molecular formula is C28H22N4O3. The molecule has 0 aliphatic heterocycles. The zero-order valence-corrected chi connectivity index (χ0v) is 18.8. The molecule has 0 saturated heterocycles. The maximum Gasteiger partial charge on any atom is 0.279 e. The first-order valence-electron chi connectivity index (χ1n) is 11.2. The summed E-state index contributed by atoms with van der Waals surface area (Å²) in [6.07, 6.45) is 3.49. The van der Waals surface area contributed by atoms with Gasteiger partial charge in [-0.25, -0.2) is 0 Å².